The van der Waals surface area contributed by atoms with Crippen molar-refractivity contribution in [3.63, 3.8) is 0 Å². The molecule has 2 nitrogen and oxygen atoms in total. The minimum absolute atomic E-state index is 0.297. The lowest BCUT2D eigenvalue weighted by atomic mass is 9.70. The Balaban J connectivity index is 2.63. The monoisotopic (exact) mass is 258 g/mol. The Labute approximate surface area is 112 Å². The molecule has 1 aliphatic rings. The maximum absolute atomic E-state index is 6.16. The molecule has 0 radical (unpaired) electrons. The van der Waals surface area contributed by atoms with E-state index in [1.165, 1.54) is 50.8 Å². The smallest absolute Gasteiger partial charge is 0.0356 e. The quantitative estimate of drug-likeness (QED) is 0.712. The summed E-state index contributed by atoms with van der Waals surface area (Å²) in [5, 5.41) is 0. The molecule has 0 heterocycles. The van der Waals surface area contributed by atoms with Gasteiger partial charge in [0.25, 0.3) is 0 Å². The van der Waals surface area contributed by atoms with Gasteiger partial charge in [-0.3, -0.25) is 4.90 Å². The van der Waals surface area contributed by atoms with Crippen molar-refractivity contribution < 1.29 is 0 Å². The van der Waals surface area contributed by atoms with Crippen molar-refractivity contribution in [3.05, 3.63) is 0 Å². The molecule has 0 bridgehead atoms. The molecule has 0 saturated heterocycles. The van der Waals surface area contributed by atoms with Crippen molar-refractivity contribution in [1.29, 1.82) is 0 Å². The normalized spacial score (nSPS) is 29.8. The molecule has 2 unspecified atom stereocenters. The van der Waals surface area contributed by atoms with E-state index in [0.29, 0.717) is 5.54 Å². The largest absolute Gasteiger partial charge is 0.329 e. The van der Waals surface area contributed by atoms with Gasteiger partial charge in [-0.15, -0.1) is 0 Å². The van der Waals surface area contributed by atoms with Crippen LogP contribution in [0.3, 0.4) is 0 Å². The summed E-state index contributed by atoms with van der Waals surface area (Å²) in [6, 6.07) is 0. The van der Waals surface area contributed by atoms with E-state index in [1.54, 1.807) is 0 Å². The number of nitrogens with two attached hydrogens (primary N) is 1. The van der Waals surface area contributed by atoms with E-state index >= 15 is 0 Å². The maximum Gasteiger partial charge on any atom is 0.0356 e. The number of thioether (sulfide) groups is 1. The highest BCUT2D eigenvalue weighted by molar-refractivity contribution is 7.98. The SMILES string of the molecule is CCC1CCCCC1(CN)N(C)CCCSC. The van der Waals surface area contributed by atoms with Crippen molar-refractivity contribution in [1.82, 2.24) is 4.90 Å². The van der Waals surface area contributed by atoms with Gasteiger partial charge in [-0.2, -0.15) is 11.8 Å². The molecule has 0 aromatic carbocycles. The number of nitrogens with zero attached hydrogens (tertiary/aromatic N) is 1. The third-order valence-corrected chi connectivity index (χ3v) is 5.32. The van der Waals surface area contributed by atoms with E-state index in [-0.39, 0.29) is 0 Å². The number of hydrogen-bond donors (Lipinski definition) is 1. The van der Waals surface area contributed by atoms with Crippen LogP contribution in [0.4, 0.5) is 0 Å². The van der Waals surface area contributed by atoms with Crippen molar-refractivity contribution in [2.45, 2.75) is 51.0 Å². The fraction of sp³-hybridized carbons (Fsp3) is 1.00. The summed E-state index contributed by atoms with van der Waals surface area (Å²) in [4.78, 5) is 2.58. The molecule has 0 amide bonds. The van der Waals surface area contributed by atoms with Gasteiger partial charge in [-0.05, 0) is 50.8 Å². The Morgan fingerprint density at radius 1 is 1.41 bits per heavy atom. The second-order valence-electron chi connectivity index (χ2n) is 5.43. The number of hydrogen-bond acceptors (Lipinski definition) is 3. The predicted molar refractivity (Wildman–Crippen MR) is 79.7 cm³/mol. The van der Waals surface area contributed by atoms with Gasteiger partial charge in [-0.25, -0.2) is 0 Å². The van der Waals surface area contributed by atoms with Gasteiger partial charge in [0, 0.05) is 12.1 Å². The molecular formula is C14H30N2S. The van der Waals surface area contributed by atoms with E-state index < -0.39 is 0 Å². The zero-order chi connectivity index (χ0) is 12.7. The summed E-state index contributed by atoms with van der Waals surface area (Å²) in [7, 11) is 2.29. The molecular weight excluding hydrogens is 228 g/mol. The molecule has 3 heteroatoms. The van der Waals surface area contributed by atoms with Gasteiger partial charge in [-0.1, -0.05) is 26.2 Å². The Morgan fingerprint density at radius 3 is 2.76 bits per heavy atom. The standard InChI is InChI=1S/C14H30N2S/c1-4-13-8-5-6-9-14(13,12-15)16(2)10-7-11-17-3/h13H,4-12,15H2,1-3H3. The van der Waals surface area contributed by atoms with Crippen LogP contribution >= 0.6 is 11.8 Å². The summed E-state index contributed by atoms with van der Waals surface area (Å²) in [5.41, 5.74) is 6.46. The minimum Gasteiger partial charge on any atom is -0.329 e. The Morgan fingerprint density at radius 2 is 2.18 bits per heavy atom. The van der Waals surface area contributed by atoms with Crippen molar-refractivity contribution >= 4 is 11.8 Å². The third-order valence-electron chi connectivity index (χ3n) is 4.62. The summed E-state index contributed by atoms with van der Waals surface area (Å²) < 4.78 is 0. The molecule has 0 aromatic rings. The molecule has 17 heavy (non-hydrogen) atoms. The molecule has 1 rings (SSSR count). The van der Waals surface area contributed by atoms with Crippen molar-refractivity contribution in [2.24, 2.45) is 11.7 Å². The van der Waals surface area contributed by atoms with Gasteiger partial charge in [0.2, 0.25) is 0 Å². The highest BCUT2D eigenvalue weighted by Gasteiger charge is 2.41. The van der Waals surface area contributed by atoms with Gasteiger partial charge in [0.15, 0.2) is 0 Å². The van der Waals surface area contributed by atoms with E-state index in [4.69, 9.17) is 5.73 Å². The molecule has 1 fully saturated rings. The van der Waals surface area contributed by atoms with E-state index in [2.05, 4.69) is 25.1 Å². The fourth-order valence-corrected chi connectivity index (χ4v) is 3.89. The molecule has 2 N–H and O–H groups in total. The van der Waals surface area contributed by atoms with Crippen LogP contribution in [0.25, 0.3) is 0 Å². The minimum atomic E-state index is 0.297. The summed E-state index contributed by atoms with van der Waals surface area (Å²) >= 11 is 1.95. The number of likely N-dealkylation sites (N-methyl/N-ethyl adjacent to an activating group) is 1. The van der Waals surface area contributed by atoms with Gasteiger partial charge >= 0.3 is 0 Å². The first-order chi connectivity index (χ1) is 8.21. The zero-order valence-corrected chi connectivity index (χ0v) is 12.7. The second kappa shape index (κ2) is 7.65. The lowest BCUT2D eigenvalue weighted by molar-refractivity contribution is 0.0237. The van der Waals surface area contributed by atoms with Crippen molar-refractivity contribution in [2.75, 3.05) is 32.1 Å². The summed E-state index contributed by atoms with van der Waals surface area (Å²) in [6.45, 7) is 4.37. The van der Waals surface area contributed by atoms with Gasteiger partial charge in [0.05, 0.1) is 0 Å². The average Bonchev–Trinajstić information content (AvgIpc) is 2.38. The molecule has 2 atom stereocenters. The predicted octanol–water partition coefficient (Wildman–Crippen LogP) is 2.97. The zero-order valence-electron chi connectivity index (χ0n) is 11.9. The number of rotatable bonds is 7. The van der Waals surface area contributed by atoms with Gasteiger partial charge in [0.1, 0.15) is 0 Å². The van der Waals surface area contributed by atoms with Crippen LogP contribution < -0.4 is 5.73 Å². The summed E-state index contributed by atoms with van der Waals surface area (Å²) in [6.07, 6.45) is 10.2. The molecule has 0 spiro atoms. The first-order valence-corrected chi connectivity index (χ1v) is 8.51. The van der Waals surface area contributed by atoms with Crippen molar-refractivity contribution in [3.8, 4) is 0 Å². The fourth-order valence-electron chi connectivity index (χ4n) is 3.47. The third kappa shape index (κ3) is 3.62. The van der Waals surface area contributed by atoms with Crippen LogP contribution in [0.15, 0.2) is 0 Å². The molecule has 102 valence electrons. The second-order valence-corrected chi connectivity index (χ2v) is 6.41. The first-order valence-electron chi connectivity index (χ1n) is 7.11. The van der Waals surface area contributed by atoms with E-state index in [1.807, 2.05) is 11.8 Å². The Bertz CT molecular complexity index is 210. The average molecular weight is 258 g/mol. The van der Waals surface area contributed by atoms with Crippen LogP contribution in [-0.4, -0.2) is 42.6 Å². The molecule has 0 aliphatic heterocycles. The topological polar surface area (TPSA) is 29.3 Å². The highest BCUT2D eigenvalue weighted by Crippen LogP contribution is 2.39. The lowest BCUT2D eigenvalue weighted by Crippen LogP contribution is -2.58. The summed E-state index contributed by atoms with van der Waals surface area (Å²) in [5.74, 6) is 2.07. The van der Waals surface area contributed by atoms with Gasteiger partial charge < -0.3 is 5.73 Å². The van der Waals surface area contributed by atoms with Crippen LogP contribution in [0.1, 0.15) is 45.4 Å². The van der Waals surface area contributed by atoms with Crippen LogP contribution in [0, 0.1) is 5.92 Å². The molecule has 1 saturated carbocycles. The maximum atomic E-state index is 6.16. The first kappa shape index (κ1) is 15.3. The van der Waals surface area contributed by atoms with Crippen LogP contribution in [0.5, 0.6) is 0 Å². The highest BCUT2D eigenvalue weighted by atomic mass is 32.2. The lowest BCUT2D eigenvalue weighted by Gasteiger charge is -2.49. The van der Waals surface area contributed by atoms with E-state index in [9.17, 15) is 0 Å². The van der Waals surface area contributed by atoms with Crippen LogP contribution in [0.2, 0.25) is 0 Å². The Kier molecular flexibility index (Phi) is 6.90. The molecule has 0 aromatic heterocycles. The van der Waals surface area contributed by atoms with Crippen LogP contribution in [-0.2, 0) is 0 Å². The van der Waals surface area contributed by atoms with E-state index in [0.717, 1.165) is 12.5 Å². The molecule has 1 aliphatic carbocycles. The Hall–Kier alpha value is 0.270.